The van der Waals surface area contributed by atoms with Crippen molar-refractivity contribution in [1.82, 2.24) is 0 Å². The highest BCUT2D eigenvalue weighted by Gasteiger charge is 2.39. The smallest absolute Gasteiger partial charge is 0.0298 e. The molecule has 0 nitrogen and oxygen atoms in total. The summed E-state index contributed by atoms with van der Waals surface area (Å²) in [6.07, 6.45) is 7.13. The molecule has 0 N–H and O–H groups in total. The van der Waals surface area contributed by atoms with Crippen molar-refractivity contribution in [2.75, 3.05) is 0 Å². The van der Waals surface area contributed by atoms with Gasteiger partial charge in [-0.1, -0.05) is 47.5 Å². The van der Waals surface area contributed by atoms with Gasteiger partial charge < -0.3 is 0 Å². The largest absolute Gasteiger partial charge is 0.0649 e. The summed E-state index contributed by atoms with van der Waals surface area (Å²) in [5.41, 5.74) is 1.25. The predicted octanol–water partition coefficient (Wildman–Crippen LogP) is 4.64. The summed E-state index contributed by atoms with van der Waals surface area (Å²) in [6.45, 7) is 12.1. The topological polar surface area (TPSA) is 0 Å². The van der Waals surface area contributed by atoms with Crippen molar-refractivity contribution in [3.8, 4) is 0 Å². The minimum atomic E-state index is 0.614. The molecule has 0 aromatic rings. The first-order chi connectivity index (χ1) is 5.92. The highest BCUT2D eigenvalue weighted by molar-refractivity contribution is 4.90. The molecule has 2 atom stereocenters. The molecule has 0 bridgehead atoms. The molecule has 0 saturated heterocycles. The Bertz CT molecular complexity index is 171. The van der Waals surface area contributed by atoms with Gasteiger partial charge in [0, 0.05) is 0 Å². The standard InChI is InChI=1S/C13H26/c1-6-12(4)8-7-9-13(5,10-12)11(2)3/h11H,6-10H2,1-5H3. The van der Waals surface area contributed by atoms with Crippen molar-refractivity contribution in [3.63, 3.8) is 0 Å². The maximum Gasteiger partial charge on any atom is -0.0298 e. The second-order valence-corrected chi connectivity index (χ2v) is 6.00. The molecule has 0 aromatic carbocycles. The van der Waals surface area contributed by atoms with E-state index in [9.17, 15) is 0 Å². The molecule has 0 amide bonds. The molecule has 1 saturated carbocycles. The highest BCUT2D eigenvalue weighted by atomic mass is 14.4. The van der Waals surface area contributed by atoms with E-state index in [4.69, 9.17) is 0 Å². The maximum atomic E-state index is 2.49. The first kappa shape index (κ1) is 11.1. The summed E-state index contributed by atoms with van der Waals surface area (Å²) >= 11 is 0. The van der Waals surface area contributed by atoms with E-state index in [2.05, 4.69) is 34.6 Å². The Labute approximate surface area is 84.1 Å². The van der Waals surface area contributed by atoms with Crippen LogP contribution in [0.1, 0.15) is 66.7 Å². The van der Waals surface area contributed by atoms with Crippen LogP contribution in [0, 0.1) is 16.7 Å². The van der Waals surface area contributed by atoms with Crippen LogP contribution in [0.2, 0.25) is 0 Å². The van der Waals surface area contributed by atoms with Gasteiger partial charge >= 0.3 is 0 Å². The van der Waals surface area contributed by atoms with Crippen molar-refractivity contribution >= 4 is 0 Å². The molecule has 0 spiro atoms. The van der Waals surface area contributed by atoms with E-state index >= 15 is 0 Å². The zero-order chi connectivity index (χ0) is 10.1. The third kappa shape index (κ3) is 2.27. The Morgan fingerprint density at radius 2 is 1.77 bits per heavy atom. The number of rotatable bonds is 2. The van der Waals surface area contributed by atoms with Gasteiger partial charge in [-0.2, -0.15) is 0 Å². The quantitative estimate of drug-likeness (QED) is 0.583. The van der Waals surface area contributed by atoms with Crippen LogP contribution in [-0.2, 0) is 0 Å². The van der Waals surface area contributed by atoms with E-state index in [-0.39, 0.29) is 0 Å². The SMILES string of the molecule is CCC1(C)CCCC(C)(C(C)C)C1. The lowest BCUT2D eigenvalue weighted by Crippen LogP contribution is -2.35. The summed E-state index contributed by atoms with van der Waals surface area (Å²) in [7, 11) is 0. The molecule has 2 unspecified atom stereocenters. The third-order valence-electron chi connectivity index (χ3n) is 4.61. The molecule has 1 fully saturated rings. The van der Waals surface area contributed by atoms with Gasteiger partial charge in [0.1, 0.15) is 0 Å². The Morgan fingerprint density at radius 1 is 1.15 bits per heavy atom. The van der Waals surface area contributed by atoms with Gasteiger partial charge in [0.15, 0.2) is 0 Å². The minimum absolute atomic E-state index is 0.614. The van der Waals surface area contributed by atoms with Crippen LogP contribution < -0.4 is 0 Å². The van der Waals surface area contributed by atoms with Crippen LogP contribution in [-0.4, -0.2) is 0 Å². The Kier molecular flexibility index (Phi) is 3.09. The summed E-state index contributed by atoms with van der Waals surface area (Å²) in [6, 6.07) is 0. The zero-order valence-electron chi connectivity index (χ0n) is 10.1. The lowest BCUT2D eigenvalue weighted by molar-refractivity contribution is 0.0435. The van der Waals surface area contributed by atoms with Gasteiger partial charge in [0.25, 0.3) is 0 Å². The number of hydrogen-bond acceptors (Lipinski definition) is 0. The molecule has 0 heteroatoms. The second kappa shape index (κ2) is 3.63. The van der Waals surface area contributed by atoms with E-state index in [0.29, 0.717) is 10.8 Å². The fourth-order valence-electron chi connectivity index (χ4n) is 2.87. The lowest BCUT2D eigenvalue weighted by Gasteiger charge is -2.47. The predicted molar refractivity (Wildman–Crippen MR) is 59.8 cm³/mol. The molecule has 0 aliphatic heterocycles. The summed E-state index contributed by atoms with van der Waals surface area (Å²) in [5.74, 6) is 0.846. The molecule has 0 heterocycles. The molecule has 1 aliphatic carbocycles. The molecule has 0 aromatic heterocycles. The highest BCUT2D eigenvalue weighted by Crippen LogP contribution is 2.51. The van der Waals surface area contributed by atoms with Gasteiger partial charge in [-0.25, -0.2) is 0 Å². The summed E-state index contributed by atoms with van der Waals surface area (Å²) < 4.78 is 0. The van der Waals surface area contributed by atoms with Crippen LogP contribution in [0.15, 0.2) is 0 Å². The first-order valence-corrected chi connectivity index (χ1v) is 5.92. The Hall–Kier alpha value is 0. The van der Waals surface area contributed by atoms with Crippen molar-refractivity contribution < 1.29 is 0 Å². The summed E-state index contributed by atoms with van der Waals surface area (Å²) in [4.78, 5) is 0. The van der Waals surface area contributed by atoms with Crippen LogP contribution in [0.4, 0.5) is 0 Å². The number of hydrogen-bond donors (Lipinski definition) is 0. The zero-order valence-corrected chi connectivity index (χ0v) is 10.1. The van der Waals surface area contributed by atoms with Crippen LogP contribution in [0.3, 0.4) is 0 Å². The molecular formula is C13H26. The molecule has 1 aliphatic rings. The van der Waals surface area contributed by atoms with Crippen LogP contribution in [0.5, 0.6) is 0 Å². The van der Waals surface area contributed by atoms with Gasteiger partial charge in [0.2, 0.25) is 0 Å². The summed E-state index contributed by atoms with van der Waals surface area (Å²) in [5, 5.41) is 0. The maximum absolute atomic E-state index is 2.49. The lowest BCUT2D eigenvalue weighted by atomic mass is 9.59. The Morgan fingerprint density at radius 3 is 2.23 bits per heavy atom. The van der Waals surface area contributed by atoms with Gasteiger partial charge in [0.05, 0.1) is 0 Å². The van der Waals surface area contributed by atoms with Gasteiger partial charge in [-0.15, -0.1) is 0 Å². The van der Waals surface area contributed by atoms with E-state index < -0.39 is 0 Å². The third-order valence-corrected chi connectivity index (χ3v) is 4.61. The molecule has 1 rings (SSSR count). The van der Waals surface area contributed by atoms with Crippen LogP contribution >= 0.6 is 0 Å². The minimum Gasteiger partial charge on any atom is -0.0649 e. The van der Waals surface area contributed by atoms with Crippen LogP contribution in [0.25, 0.3) is 0 Å². The molecule has 13 heavy (non-hydrogen) atoms. The first-order valence-electron chi connectivity index (χ1n) is 5.92. The molecule has 0 radical (unpaired) electrons. The van der Waals surface area contributed by atoms with Crippen molar-refractivity contribution in [2.24, 2.45) is 16.7 Å². The van der Waals surface area contributed by atoms with E-state index in [1.807, 2.05) is 0 Å². The average molecular weight is 182 g/mol. The van der Waals surface area contributed by atoms with Crippen molar-refractivity contribution in [1.29, 1.82) is 0 Å². The van der Waals surface area contributed by atoms with E-state index in [1.165, 1.54) is 32.1 Å². The van der Waals surface area contributed by atoms with E-state index in [1.54, 1.807) is 0 Å². The fraction of sp³-hybridized carbons (Fsp3) is 1.00. The second-order valence-electron chi connectivity index (χ2n) is 6.00. The molecular weight excluding hydrogens is 156 g/mol. The average Bonchev–Trinajstić information content (AvgIpc) is 2.04. The molecule has 78 valence electrons. The van der Waals surface area contributed by atoms with Gasteiger partial charge in [-0.3, -0.25) is 0 Å². The fourth-order valence-corrected chi connectivity index (χ4v) is 2.87. The van der Waals surface area contributed by atoms with Crippen molar-refractivity contribution in [2.45, 2.75) is 66.7 Å². The van der Waals surface area contributed by atoms with Gasteiger partial charge in [-0.05, 0) is 36.0 Å². The Balaban J connectivity index is 2.71. The monoisotopic (exact) mass is 182 g/mol. The normalized spacial score (nSPS) is 41.1. The van der Waals surface area contributed by atoms with E-state index in [0.717, 1.165) is 5.92 Å². The van der Waals surface area contributed by atoms with Crippen molar-refractivity contribution in [3.05, 3.63) is 0 Å².